The van der Waals surface area contributed by atoms with Crippen molar-refractivity contribution >= 4 is 41.3 Å². The highest BCUT2D eigenvalue weighted by molar-refractivity contribution is 9.10. The van der Waals surface area contributed by atoms with Crippen LogP contribution in [0.3, 0.4) is 0 Å². The predicted molar refractivity (Wildman–Crippen MR) is 119 cm³/mol. The van der Waals surface area contributed by atoms with Crippen molar-refractivity contribution in [2.75, 3.05) is 6.61 Å². The first kappa shape index (κ1) is 24.8. The van der Waals surface area contributed by atoms with Crippen LogP contribution in [0.2, 0.25) is 18.1 Å². The molecule has 0 aliphatic carbocycles. The molecule has 1 heterocycles. The summed E-state index contributed by atoms with van der Waals surface area (Å²) in [6, 6.07) is 5.21. The van der Waals surface area contributed by atoms with Crippen molar-refractivity contribution in [1.82, 2.24) is 4.98 Å². The fourth-order valence-electron chi connectivity index (χ4n) is 1.81. The van der Waals surface area contributed by atoms with E-state index in [4.69, 9.17) is 4.43 Å². The van der Waals surface area contributed by atoms with Crippen molar-refractivity contribution in [3.05, 3.63) is 28.5 Å². The summed E-state index contributed by atoms with van der Waals surface area (Å²) >= 11 is 1.73. The normalized spacial score (nSPS) is 16.3. The Labute approximate surface area is 176 Å². The minimum atomic E-state index is -1.95. The summed E-state index contributed by atoms with van der Waals surface area (Å²) in [4.78, 5) is 4.31. The van der Waals surface area contributed by atoms with E-state index in [0.29, 0.717) is 16.9 Å². The number of halogens is 2. The Hall–Kier alpha value is -0.283. The summed E-state index contributed by atoms with van der Waals surface area (Å²) in [6.07, 6.45) is -1.25. The molecule has 27 heavy (non-hydrogen) atoms. The molecule has 1 rings (SSSR count). The first-order valence-corrected chi connectivity index (χ1v) is 13.9. The van der Waals surface area contributed by atoms with Crippen molar-refractivity contribution < 1.29 is 13.4 Å². The molecule has 0 fully saturated rings. The van der Waals surface area contributed by atoms with Crippen LogP contribution in [-0.4, -0.2) is 41.1 Å². The van der Waals surface area contributed by atoms with Gasteiger partial charge in [-0.2, -0.15) is 0 Å². The molecule has 0 spiro atoms. The second-order valence-electron chi connectivity index (χ2n) is 9.05. The smallest absolute Gasteiger partial charge is 0.191 e. The van der Waals surface area contributed by atoms with Crippen LogP contribution in [0.25, 0.3) is 0 Å². The number of hydrogen-bond acceptors (Lipinski definition) is 4. The predicted octanol–water partition coefficient (Wildman–Crippen LogP) is 5.85. The maximum atomic E-state index is 15.1. The molecule has 0 radical (unpaired) electrons. The van der Waals surface area contributed by atoms with E-state index < -0.39 is 30.6 Å². The SMILES string of the molecule is CC(C)(C)[S+]([O-])/N=C(\c1cccc(Br)n1)[C@H](F)CCO[Si](C)(C)C(C)(C)C. The molecule has 0 saturated heterocycles. The Kier molecular flexibility index (Phi) is 8.69. The average molecular weight is 480 g/mol. The van der Waals surface area contributed by atoms with Gasteiger partial charge in [-0.25, -0.2) is 9.37 Å². The van der Waals surface area contributed by atoms with E-state index in [9.17, 15) is 4.55 Å². The van der Waals surface area contributed by atoms with Gasteiger partial charge < -0.3 is 8.98 Å². The summed E-state index contributed by atoms with van der Waals surface area (Å²) in [5.41, 5.74) is 0.505. The maximum Gasteiger partial charge on any atom is 0.191 e. The second-order valence-corrected chi connectivity index (χ2v) is 16.6. The van der Waals surface area contributed by atoms with Gasteiger partial charge >= 0.3 is 0 Å². The van der Waals surface area contributed by atoms with Gasteiger partial charge in [0.15, 0.2) is 20.2 Å². The zero-order valence-corrected chi connectivity index (χ0v) is 21.0. The Morgan fingerprint density at radius 3 is 2.37 bits per heavy atom. The zero-order valence-electron chi connectivity index (χ0n) is 17.6. The van der Waals surface area contributed by atoms with Crippen LogP contribution in [0.1, 0.15) is 53.7 Å². The second kappa shape index (κ2) is 9.48. The molecule has 0 N–H and O–H groups in total. The summed E-state index contributed by atoms with van der Waals surface area (Å²) in [5.74, 6) is 0. The summed E-state index contributed by atoms with van der Waals surface area (Å²) < 4.78 is 37.9. The van der Waals surface area contributed by atoms with E-state index in [-0.39, 0.29) is 17.2 Å². The molecule has 0 bridgehead atoms. The average Bonchev–Trinajstić information content (AvgIpc) is 2.49. The van der Waals surface area contributed by atoms with Crippen molar-refractivity contribution in [1.29, 1.82) is 0 Å². The Balaban J connectivity index is 3.01. The Morgan fingerprint density at radius 1 is 1.30 bits per heavy atom. The van der Waals surface area contributed by atoms with Crippen molar-refractivity contribution in [3.8, 4) is 0 Å². The molecule has 2 atom stereocenters. The minimum Gasteiger partial charge on any atom is -0.591 e. The van der Waals surface area contributed by atoms with Crippen molar-refractivity contribution in [3.63, 3.8) is 0 Å². The van der Waals surface area contributed by atoms with Crippen LogP contribution in [0, 0.1) is 0 Å². The summed E-state index contributed by atoms with van der Waals surface area (Å²) in [7, 11) is -1.95. The van der Waals surface area contributed by atoms with E-state index in [1.54, 1.807) is 18.2 Å². The molecule has 0 aliphatic rings. The fourth-order valence-corrected chi connectivity index (χ4v) is 3.88. The topological polar surface area (TPSA) is 57.5 Å². The molecule has 0 amide bonds. The fraction of sp³-hybridized carbons (Fsp3) is 0.684. The number of nitrogens with zero attached hydrogens (tertiary/aromatic N) is 2. The van der Waals surface area contributed by atoms with Crippen LogP contribution in [-0.2, 0) is 15.8 Å². The summed E-state index contributed by atoms with van der Waals surface area (Å²) in [6.45, 7) is 16.5. The number of pyridine rings is 1. The van der Waals surface area contributed by atoms with Gasteiger partial charge in [-0.1, -0.05) is 31.2 Å². The minimum absolute atomic E-state index is 0.0648. The lowest BCUT2D eigenvalue weighted by Crippen LogP contribution is -2.41. The van der Waals surface area contributed by atoms with Gasteiger partial charge in [0.2, 0.25) is 0 Å². The van der Waals surface area contributed by atoms with Gasteiger partial charge in [0, 0.05) is 13.0 Å². The molecule has 0 saturated carbocycles. The third-order valence-corrected chi connectivity index (χ3v) is 11.0. The van der Waals surface area contributed by atoms with Crippen molar-refractivity contribution in [2.24, 2.45) is 4.40 Å². The third kappa shape index (κ3) is 7.57. The molecular formula is C19H32BrFN2O2SSi. The quantitative estimate of drug-likeness (QED) is 0.214. The van der Waals surface area contributed by atoms with Crippen LogP contribution in [0.15, 0.2) is 27.2 Å². The van der Waals surface area contributed by atoms with Gasteiger partial charge in [0.25, 0.3) is 0 Å². The van der Waals surface area contributed by atoms with Gasteiger partial charge in [-0.15, -0.1) is 0 Å². The van der Waals surface area contributed by atoms with Crippen LogP contribution >= 0.6 is 15.9 Å². The first-order chi connectivity index (χ1) is 12.1. The maximum absolute atomic E-state index is 15.1. The molecule has 8 heteroatoms. The lowest BCUT2D eigenvalue weighted by molar-refractivity contribution is 0.250. The highest BCUT2D eigenvalue weighted by Gasteiger charge is 2.37. The van der Waals surface area contributed by atoms with E-state index in [1.165, 1.54) is 0 Å². The van der Waals surface area contributed by atoms with Crippen molar-refractivity contribution in [2.45, 2.75) is 77.0 Å². The molecule has 1 aromatic heterocycles. The molecular weight excluding hydrogens is 447 g/mol. The highest BCUT2D eigenvalue weighted by Crippen LogP contribution is 2.36. The largest absolute Gasteiger partial charge is 0.591 e. The molecule has 0 aromatic carbocycles. The van der Waals surface area contributed by atoms with Gasteiger partial charge in [-0.05, 0) is 67.0 Å². The third-order valence-electron chi connectivity index (χ3n) is 4.62. The molecule has 0 aliphatic heterocycles. The van der Waals surface area contributed by atoms with E-state index in [2.05, 4.69) is 59.2 Å². The number of aromatic nitrogens is 1. The van der Waals surface area contributed by atoms with Gasteiger partial charge in [0.1, 0.15) is 20.7 Å². The van der Waals surface area contributed by atoms with Crippen LogP contribution in [0.4, 0.5) is 4.39 Å². The monoisotopic (exact) mass is 478 g/mol. The van der Waals surface area contributed by atoms with E-state index >= 15 is 4.39 Å². The number of rotatable bonds is 7. The van der Waals surface area contributed by atoms with Crippen LogP contribution < -0.4 is 0 Å². The zero-order chi connectivity index (χ0) is 21.0. The van der Waals surface area contributed by atoms with Gasteiger partial charge in [-0.3, -0.25) is 0 Å². The number of alkyl halides is 1. The standard InChI is InChI=1S/C19H32BrFN2O2SSi/c1-18(2,3)26(24)23-17(15-10-9-11-16(20)22-15)14(21)12-13-25-27(7,8)19(4,5)6/h9-11,14H,12-13H2,1-8H3/b23-17-/t14-,26?/m1/s1. The lowest BCUT2D eigenvalue weighted by atomic mass is 10.1. The molecule has 1 aromatic rings. The van der Waals surface area contributed by atoms with Gasteiger partial charge in [0.05, 0.1) is 5.69 Å². The number of hydrogen-bond donors (Lipinski definition) is 0. The van der Waals surface area contributed by atoms with E-state index in [0.717, 1.165) is 0 Å². The van der Waals surface area contributed by atoms with Crippen LogP contribution in [0.5, 0.6) is 0 Å². The highest BCUT2D eigenvalue weighted by atomic mass is 79.9. The first-order valence-electron chi connectivity index (χ1n) is 9.07. The molecule has 1 unspecified atom stereocenters. The lowest BCUT2D eigenvalue weighted by Gasteiger charge is -2.36. The summed E-state index contributed by atoms with van der Waals surface area (Å²) in [5, 5.41) is 0.0648. The Bertz CT molecular complexity index is 660. The molecule has 154 valence electrons. The molecule has 4 nitrogen and oxygen atoms in total. The Morgan fingerprint density at radius 2 is 1.89 bits per heavy atom. The van der Waals surface area contributed by atoms with E-state index in [1.807, 2.05) is 20.8 Å².